The van der Waals surface area contributed by atoms with Gasteiger partial charge < -0.3 is 5.32 Å². The van der Waals surface area contributed by atoms with Crippen LogP contribution in [0.25, 0.3) is 0 Å². The first-order valence-electron chi connectivity index (χ1n) is 4.84. The van der Waals surface area contributed by atoms with Gasteiger partial charge in [0.25, 0.3) is 0 Å². The molecule has 0 bridgehead atoms. The first-order valence-corrected chi connectivity index (χ1v) is 5.63. The summed E-state index contributed by atoms with van der Waals surface area (Å²) in [6.45, 7) is 0.589. The first kappa shape index (κ1) is 10.8. The first-order chi connectivity index (χ1) is 7.15. The third-order valence-electron chi connectivity index (χ3n) is 2.54. The van der Waals surface area contributed by atoms with Crippen LogP contribution in [0.2, 0.25) is 0 Å². The SMILES string of the molecule is Fc1cc(Br)cnc1NCC1CC(F)C1. The largest absolute Gasteiger partial charge is 0.367 e. The molecule has 0 aliphatic heterocycles. The molecule has 0 atom stereocenters. The molecule has 1 aromatic rings. The second-order valence-electron chi connectivity index (χ2n) is 3.80. The summed E-state index contributed by atoms with van der Waals surface area (Å²) in [4.78, 5) is 3.90. The summed E-state index contributed by atoms with van der Waals surface area (Å²) in [6, 6.07) is 1.36. The molecule has 1 aromatic heterocycles. The monoisotopic (exact) mass is 276 g/mol. The van der Waals surface area contributed by atoms with Crippen LogP contribution in [0, 0.1) is 11.7 Å². The van der Waals surface area contributed by atoms with Gasteiger partial charge in [-0.2, -0.15) is 0 Å². The van der Waals surface area contributed by atoms with Crippen molar-refractivity contribution in [3.8, 4) is 0 Å². The fourth-order valence-electron chi connectivity index (χ4n) is 1.61. The number of hydrogen-bond donors (Lipinski definition) is 1. The van der Waals surface area contributed by atoms with Gasteiger partial charge in [0.05, 0.1) is 0 Å². The molecule has 0 aromatic carbocycles. The lowest BCUT2D eigenvalue weighted by molar-refractivity contribution is 0.140. The van der Waals surface area contributed by atoms with Crippen LogP contribution in [0.5, 0.6) is 0 Å². The van der Waals surface area contributed by atoms with E-state index in [9.17, 15) is 8.78 Å². The Morgan fingerprint density at radius 1 is 1.53 bits per heavy atom. The third kappa shape index (κ3) is 2.65. The van der Waals surface area contributed by atoms with Gasteiger partial charge in [0.1, 0.15) is 6.17 Å². The van der Waals surface area contributed by atoms with Crippen LogP contribution < -0.4 is 5.32 Å². The van der Waals surface area contributed by atoms with E-state index in [4.69, 9.17) is 0 Å². The van der Waals surface area contributed by atoms with E-state index >= 15 is 0 Å². The molecular weight excluding hydrogens is 266 g/mol. The Morgan fingerprint density at radius 3 is 2.87 bits per heavy atom. The molecule has 5 heteroatoms. The predicted molar refractivity (Wildman–Crippen MR) is 58.0 cm³/mol. The fraction of sp³-hybridized carbons (Fsp3) is 0.500. The van der Waals surface area contributed by atoms with Gasteiger partial charge in [-0.1, -0.05) is 0 Å². The molecule has 15 heavy (non-hydrogen) atoms. The van der Waals surface area contributed by atoms with E-state index in [0.29, 0.717) is 29.8 Å². The molecular formula is C10H11BrF2N2. The van der Waals surface area contributed by atoms with Crippen molar-refractivity contribution < 1.29 is 8.78 Å². The molecule has 0 amide bonds. The Labute approximate surface area is 95.2 Å². The fourth-order valence-corrected chi connectivity index (χ4v) is 1.91. The van der Waals surface area contributed by atoms with Gasteiger partial charge in [0.2, 0.25) is 0 Å². The molecule has 1 saturated carbocycles. The number of alkyl halides is 1. The quantitative estimate of drug-likeness (QED) is 0.918. The number of nitrogens with one attached hydrogen (secondary N) is 1. The zero-order valence-electron chi connectivity index (χ0n) is 8.01. The highest BCUT2D eigenvalue weighted by molar-refractivity contribution is 9.10. The molecule has 1 N–H and O–H groups in total. The maximum absolute atomic E-state index is 13.3. The van der Waals surface area contributed by atoms with E-state index in [1.54, 1.807) is 0 Å². The number of rotatable bonds is 3. The molecule has 82 valence electrons. The Hall–Kier alpha value is -0.710. The highest BCUT2D eigenvalue weighted by Crippen LogP contribution is 2.30. The van der Waals surface area contributed by atoms with Crippen molar-refractivity contribution in [3.05, 3.63) is 22.6 Å². The number of aromatic nitrogens is 1. The zero-order valence-corrected chi connectivity index (χ0v) is 9.60. The lowest BCUT2D eigenvalue weighted by Crippen LogP contribution is -2.30. The molecule has 2 nitrogen and oxygen atoms in total. The van der Waals surface area contributed by atoms with Gasteiger partial charge in [-0.15, -0.1) is 0 Å². The van der Waals surface area contributed by atoms with Crippen molar-refractivity contribution >= 4 is 21.7 Å². The molecule has 0 unspecified atom stereocenters. The lowest BCUT2D eigenvalue weighted by atomic mass is 9.83. The van der Waals surface area contributed by atoms with Crippen LogP contribution in [-0.4, -0.2) is 17.7 Å². The van der Waals surface area contributed by atoms with E-state index in [2.05, 4.69) is 26.2 Å². The molecule has 0 radical (unpaired) electrons. The van der Waals surface area contributed by atoms with Gasteiger partial charge in [-0.3, -0.25) is 0 Å². The zero-order chi connectivity index (χ0) is 10.8. The Bertz CT molecular complexity index is 353. The number of anilines is 1. The third-order valence-corrected chi connectivity index (χ3v) is 2.98. The molecule has 1 aliphatic rings. The Kier molecular flexibility index (Phi) is 3.19. The second kappa shape index (κ2) is 4.43. The summed E-state index contributed by atoms with van der Waals surface area (Å²) in [5.41, 5.74) is 0. The van der Waals surface area contributed by atoms with E-state index in [0.717, 1.165) is 0 Å². The van der Waals surface area contributed by atoms with Crippen LogP contribution in [0.15, 0.2) is 16.7 Å². The normalized spacial score (nSPS) is 24.7. The molecule has 0 saturated heterocycles. The molecule has 0 spiro atoms. The Balaban J connectivity index is 1.88. The van der Waals surface area contributed by atoms with E-state index in [-0.39, 0.29) is 11.6 Å². The van der Waals surface area contributed by atoms with E-state index < -0.39 is 6.17 Å². The van der Waals surface area contributed by atoms with Gasteiger partial charge in [-0.05, 0) is 40.8 Å². The average molecular weight is 277 g/mol. The molecule has 1 fully saturated rings. The minimum absolute atomic E-state index is 0.237. The summed E-state index contributed by atoms with van der Waals surface area (Å²) in [7, 11) is 0. The van der Waals surface area contributed by atoms with E-state index in [1.165, 1.54) is 12.3 Å². The molecule has 1 aliphatic carbocycles. The average Bonchev–Trinajstić information content (AvgIpc) is 2.13. The predicted octanol–water partition coefficient (Wildman–Crippen LogP) is 3.14. The van der Waals surface area contributed by atoms with Gasteiger partial charge >= 0.3 is 0 Å². The number of hydrogen-bond acceptors (Lipinski definition) is 2. The maximum atomic E-state index is 13.3. The smallest absolute Gasteiger partial charge is 0.166 e. The molecule has 2 rings (SSSR count). The van der Waals surface area contributed by atoms with Crippen LogP contribution >= 0.6 is 15.9 Å². The summed E-state index contributed by atoms with van der Waals surface area (Å²) < 4.78 is 26.4. The van der Waals surface area contributed by atoms with Crippen molar-refractivity contribution in [2.45, 2.75) is 19.0 Å². The van der Waals surface area contributed by atoms with Crippen molar-refractivity contribution in [3.63, 3.8) is 0 Å². The summed E-state index contributed by atoms with van der Waals surface area (Å²) in [5.74, 6) is 0.158. The van der Waals surface area contributed by atoms with Crippen molar-refractivity contribution in [1.82, 2.24) is 4.98 Å². The summed E-state index contributed by atoms with van der Waals surface area (Å²) in [5, 5.41) is 2.89. The van der Waals surface area contributed by atoms with Crippen LogP contribution in [0.3, 0.4) is 0 Å². The van der Waals surface area contributed by atoms with E-state index in [1.807, 2.05) is 0 Å². The number of nitrogens with zero attached hydrogens (tertiary/aromatic N) is 1. The van der Waals surface area contributed by atoms with Crippen molar-refractivity contribution in [1.29, 1.82) is 0 Å². The topological polar surface area (TPSA) is 24.9 Å². The van der Waals surface area contributed by atoms with Crippen LogP contribution in [0.1, 0.15) is 12.8 Å². The lowest BCUT2D eigenvalue weighted by Gasteiger charge is -2.29. The maximum Gasteiger partial charge on any atom is 0.166 e. The second-order valence-corrected chi connectivity index (χ2v) is 4.72. The van der Waals surface area contributed by atoms with Crippen LogP contribution in [-0.2, 0) is 0 Å². The Morgan fingerprint density at radius 2 is 2.27 bits per heavy atom. The highest BCUT2D eigenvalue weighted by Gasteiger charge is 2.28. The number of halogens is 3. The van der Waals surface area contributed by atoms with Crippen LogP contribution in [0.4, 0.5) is 14.6 Å². The summed E-state index contributed by atoms with van der Waals surface area (Å²) in [6.07, 6.45) is 2.01. The summed E-state index contributed by atoms with van der Waals surface area (Å²) >= 11 is 3.13. The van der Waals surface area contributed by atoms with Gasteiger partial charge in [-0.25, -0.2) is 13.8 Å². The number of pyridine rings is 1. The minimum atomic E-state index is -0.667. The van der Waals surface area contributed by atoms with Gasteiger partial charge in [0, 0.05) is 17.2 Å². The molecule has 1 heterocycles. The van der Waals surface area contributed by atoms with Crippen molar-refractivity contribution in [2.24, 2.45) is 5.92 Å². The van der Waals surface area contributed by atoms with Crippen molar-refractivity contribution in [2.75, 3.05) is 11.9 Å². The highest BCUT2D eigenvalue weighted by atomic mass is 79.9. The standard InChI is InChI=1S/C10H11BrF2N2/c11-7-3-9(13)10(15-5-7)14-4-6-1-8(12)2-6/h3,5-6,8H,1-2,4H2,(H,14,15). The minimum Gasteiger partial charge on any atom is -0.367 e. The van der Waals surface area contributed by atoms with Gasteiger partial charge in [0.15, 0.2) is 11.6 Å².